The van der Waals surface area contributed by atoms with Crippen LogP contribution in [0.3, 0.4) is 0 Å². The molecule has 3 heterocycles. The number of benzene rings is 9. The molecule has 5 nitrogen and oxygen atoms in total. The van der Waals surface area contributed by atoms with Crippen LogP contribution >= 0.6 is 0 Å². The fourth-order valence-electron chi connectivity index (χ4n) is 10.3. The number of aromatic nitrogens is 3. The average Bonchev–Trinajstić information content (AvgIpc) is 3.98. The van der Waals surface area contributed by atoms with E-state index in [0.717, 1.165) is 78.4 Å². The van der Waals surface area contributed by atoms with Crippen LogP contribution in [0.4, 0.5) is 11.4 Å². The molecule has 2 aromatic heterocycles. The van der Waals surface area contributed by atoms with Crippen molar-refractivity contribution in [2.24, 2.45) is 0 Å². The van der Waals surface area contributed by atoms with Gasteiger partial charge in [0.2, 0.25) is 0 Å². The second kappa shape index (κ2) is 16.5. The molecule has 0 N–H and O–H groups in total. The topological polar surface area (TPSA) is 55.1 Å². The molecule has 0 saturated carbocycles. The smallest absolute Gasteiger partial charge is 0.164 e. The van der Waals surface area contributed by atoms with Gasteiger partial charge in [-0.1, -0.05) is 194 Å². The van der Waals surface area contributed by atoms with Gasteiger partial charge in [-0.05, 0) is 99.0 Å². The molecule has 0 fully saturated rings. The van der Waals surface area contributed by atoms with Gasteiger partial charge >= 0.3 is 0 Å². The Bertz CT molecular complexity index is 3690. The first-order chi connectivity index (χ1) is 33.7. The molecule has 68 heavy (non-hydrogen) atoms. The number of furan rings is 1. The molecule has 13 rings (SSSR count). The van der Waals surface area contributed by atoms with Gasteiger partial charge in [0.05, 0.1) is 11.7 Å². The molecule has 1 aliphatic carbocycles. The van der Waals surface area contributed by atoms with Crippen LogP contribution in [0.1, 0.15) is 12.0 Å². The van der Waals surface area contributed by atoms with E-state index in [2.05, 4.69) is 205 Å². The van der Waals surface area contributed by atoms with E-state index in [1.807, 2.05) is 36.4 Å². The van der Waals surface area contributed by atoms with Crippen molar-refractivity contribution in [3.8, 4) is 78.7 Å². The highest BCUT2D eigenvalue weighted by Crippen LogP contribution is 2.53. The van der Waals surface area contributed by atoms with Crippen molar-refractivity contribution in [3.05, 3.63) is 242 Å². The van der Waals surface area contributed by atoms with Gasteiger partial charge in [0.15, 0.2) is 17.5 Å². The van der Waals surface area contributed by atoms with Crippen LogP contribution in [0.15, 0.2) is 241 Å². The number of rotatable bonds is 8. The van der Waals surface area contributed by atoms with Crippen LogP contribution in [0, 0.1) is 0 Å². The van der Waals surface area contributed by atoms with E-state index in [1.54, 1.807) is 0 Å². The maximum absolute atomic E-state index is 6.85. The van der Waals surface area contributed by atoms with E-state index in [9.17, 15) is 0 Å². The quantitative estimate of drug-likeness (QED) is 0.152. The molecule has 11 aromatic rings. The molecule has 1 aliphatic heterocycles. The molecular formula is C63H42N4O. The summed E-state index contributed by atoms with van der Waals surface area (Å²) in [5.74, 6) is 1.81. The summed E-state index contributed by atoms with van der Waals surface area (Å²) in [5, 5.41) is 2.18. The fraction of sp³-hybridized carbons (Fsp3) is 0.0317. The lowest BCUT2D eigenvalue weighted by Crippen LogP contribution is -2.26. The van der Waals surface area contributed by atoms with E-state index < -0.39 is 0 Å². The van der Waals surface area contributed by atoms with Gasteiger partial charge in [-0.2, -0.15) is 0 Å². The molecule has 0 amide bonds. The number of nitrogens with zero attached hydrogens (tertiary/aromatic N) is 4. The molecule has 0 bridgehead atoms. The monoisotopic (exact) mass is 870 g/mol. The maximum atomic E-state index is 6.85. The van der Waals surface area contributed by atoms with Crippen LogP contribution in [-0.2, 0) is 0 Å². The summed E-state index contributed by atoms with van der Waals surface area (Å²) < 4.78 is 6.85. The Morgan fingerprint density at radius 2 is 0.941 bits per heavy atom. The summed E-state index contributed by atoms with van der Waals surface area (Å²) in [7, 11) is 0. The van der Waals surface area contributed by atoms with Crippen molar-refractivity contribution in [3.63, 3.8) is 0 Å². The lowest BCUT2D eigenvalue weighted by Gasteiger charge is -2.28. The van der Waals surface area contributed by atoms with Crippen LogP contribution in [0.25, 0.3) is 106 Å². The van der Waals surface area contributed by atoms with Gasteiger partial charge in [0.25, 0.3) is 0 Å². The molecule has 0 saturated heterocycles. The molecule has 2 aliphatic rings. The Labute approximate surface area is 394 Å². The highest BCUT2D eigenvalue weighted by atomic mass is 16.3. The second-order valence-corrected chi connectivity index (χ2v) is 17.4. The molecule has 5 heteroatoms. The fourth-order valence-corrected chi connectivity index (χ4v) is 10.3. The third kappa shape index (κ3) is 6.75. The molecule has 0 spiro atoms. The van der Waals surface area contributed by atoms with Gasteiger partial charge in [-0.3, -0.25) is 0 Å². The Kier molecular flexibility index (Phi) is 9.57. The highest BCUT2D eigenvalue weighted by Gasteiger charge is 2.37. The van der Waals surface area contributed by atoms with Crippen molar-refractivity contribution < 1.29 is 4.42 Å². The zero-order valence-corrected chi connectivity index (χ0v) is 37.0. The van der Waals surface area contributed by atoms with E-state index in [-0.39, 0.29) is 6.04 Å². The van der Waals surface area contributed by atoms with Crippen molar-refractivity contribution in [1.82, 2.24) is 15.0 Å². The Balaban J connectivity index is 1.08. The molecular weight excluding hydrogens is 829 g/mol. The van der Waals surface area contributed by atoms with Crippen LogP contribution in [-0.4, -0.2) is 21.0 Å². The van der Waals surface area contributed by atoms with E-state index >= 15 is 0 Å². The zero-order valence-electron chi connectivity index (χ0n) is 37.0. The van der Waals surface area contributed by atoms with Gasteiger partial charge in [0.1, 0.15) is 11.2 Å². The number of allylic oxidation sites excluding steroid dienone is 2. The molecule has 9 aromatic carbocycles. The highest BCUT2D eigenvalue weighted by molar-refractivity contribution is 6.20. The largest absolute Gasteiger partial charge is 0.456 e. The second-order valence-electron chi connectivity index (χ2n) is 17.4. The van der Waals surface area contributed by atoms with Gasteiger partial charge < -0.3 is 9.32 Å². The van der Waals surface area contributed by atoms with Gasteiger partial charge in [-0.25, -0.2) is 15.0 Å². The summed E-state index contributed by atoms with van der Waals surface area (Å²) in [6, 6.07) is 77.0. The SMILES string of the molecule is C1=CCC2C(=C1)c1c(ccc3oc4cccc(-c5ccc(-c6ccc(-c7ccccc7)c(-c7ccccc7)c6)cc5-c5nc(-c6ccccc6)nc(-c6ccccc6)n5)c4c13)N2c1ccccc1. The summed E-state index contributed by atoms with van der Waals surface area (Å²) >= 11 is 0. The van der Waals surface area contributed by atoms with E-state index in [1.165, 1.54) is 33.6 Å². The summed E-state index contributed by atoms with van der Waals surface area (Å²) in [4.78, 5) is 18.3. The minimum absolute atomic E-state index is 0.169. The van der Waals surface area contributed by atoms with Crippen molar-refractivity contribution in [1.29, 1.82) is 0 Å². The number of fused-ring (bicyclic) bond motifs is 7. The summed E-state index contributed by atoms with van der Waals surface area (Å²) in [6.07, 6.45) is 7.69. The minimum Gasteiger partial charge on any atom is -0.456 e. The lowest BCUT2D eigenvalue weighted by molar-refractivity contribution is 0.669. The lowest BCUT2D eigenvalue weighted by atomic mass is 9.88. The first-order valence-corrected chi connectivity index (χ1v) is 23.2. The Hall–Kier alpha value is -8.93. The van der Waals surface area contributed by atoms with Crippen LogP contribution in [0.2, 0.25) is 0 Å². The number of hydrogen-bond acceptors (Lipinski definition) is 5. The number of anilines is 2. The third-order valence-corrected chi connectivity index (χ3v) is 13.4. The normalized spacial score (nSPS) is 14.0. The van der Waals surface area contributed by atoms with Crippen molar-refractivity contribution in [2.45, 2.75) is 12.5 Å². The van der Waals surface area contributed by atoms with Crippen molar-refractivity contribution >= 4 is 38.9 Å². The first kappa shape index (κ1) is 39.4. The van der Waals surface area contributed by atoms with Crippen LogP contribution in [0.5, 0.6) is 0 Å². The van der Waals surface area contributed by atoms with Gasteiger partial charge in [0, 0.05) is 38.7 Å². The molecule has 1 unspecified atom stereocenters. The number of para-hydroxylation sites is 1. The zero-order chi connectivity index (χ0) is 45.0. The van der Waals surface area contributed by atoms with Gasteiger partial charge in [-0.15, -0.1) is 0 Å². The minimum atomic E-state index is 0.169. The van der Waals surface area contributed by atoms with E-state index in [0.29, 0.717) is 17.5 Å². The Morgan fingerprint density at radius 3 is 1.59 bits per heavy atom. The van der Waals surface area contributed by atoms with Crippen LogP contribution < -0.4 is 4.90 Å². The summed E-state index contributed by atoms with van der Waals surface area (Å²) in [6.45, 7) is 0. The predicted molar refractivity (Wildman–Crippen MR) is 279 cm³/mol. The predicted octanol–water partition coefficient (Wildman–Crippen LogP) is 16.3. The summed E-state index contributed by atoms with van der Waals surface area (Å²) in [5.41, 5.74) is 18.2. The maximum Gasteiger partial charge on any atom is 0.164 e. The van der Waals surface area contributed by atoms with E-state index in [4.69, 9.17) is 19.4 Å². The average molecular weight is 871 g/mol. The Morgan fingerprint density at radius 1 is 0.397 bits per heavy atom. The molecule has 0 radical (unpaired) electrons. The number of hydrogen-bond donors (Lipinski definition) is 0. The molecule has 1 atom stereocenters. The van der Waals surface area contributed by atoms with Crippen molar-refractivity contribution in [2.75, 3.05) is 4.90 Å². The standard InChI is InChI=1S/C63H42N4O/c1-6-19-41(20-7-1)48-35-33-45(39-52(48)42-21-8-2-9-22-42)46-34-36-49(53(40-46)63-65-61(43-23-10-3-11-24-43)64-62(66-63)44-25-12-4-13-26-44)50-30-18-32-56-59(50)60-57(68-56)38-37-55-58(60)51-29-16-17-31-54(51)67(55)47-27-14-5-15-28-47/h1-30,32-40,54H,31H2. The molecule has 320 valence electrons. The third-order valence-electron chi connectivity index (χ3n) is 13.4. The first-order valence-electron chi connectivity index (χ1n) is 23.2.